The highest BCUT2D eigenvalue weighted by Gasteiger charge is 2.26. The van der Waals surface area contributed by atoms with Gasteiger partial charge in [-0.2, -0.15) is 0 Å². The number of nitrogens with one attached hydrogen (secondary N) is 1. The molecule has 1 aromatic carbocycles. The average molecular weight is 209 g/mol. The Hall–Kier alpha value is -2.04. The van der Waals surface area contributed by atoms with Crippen LogP contribution in [0.5, 0.6) is 0 Å². The van der Waals surface area contributed by atoms with Crippen molar-refractivity contribution in [3.63, 3.8) is 0 Å². The second-order valence-corrected chi connectivity index (χ2v) is 2.80. The van der Waals surface area contributed by atoms with Crippen molar-refractivity contribution in [3.05, 3.63) is 30.3 Å². The van der Waals surface area contributed by atoms with E-state index in [4.69, 9.17) is 5.11 Å². The van der Waals surface area contributed by atoms with Crippen LogP contribution in [0.3, 0.4) is 0 Å². The monoisotopic (exact) mass is 209 g/mol. The van der Waals surface area contributed by atoms with Gasteiger partial charge < -0.3 is 15.2 Å². The van der Waals surface area contributed by atoms with Crippen LogP contribution in [0.15, 0.2) is 30.3 Å². The normalized spacial score (nSPS) is 11.5. The van der Waals surface area contributed by atoms with E-state index < -0.39 is 18.0 Å². The molecular weight excluding hydrogens is 198 g/mol. The van der Waals surface area contributed by atoms with Crippen molar-refractivity contribution in [2.24, 2.45) is 0 Å². The van der Waals surface area contributed by atoms with E-state index in [1.165, 1.54) is 0 Å². The van der Waals surface area contributed by atoms with E-state index in [-0.39, 0.29) is 0 Å². The molecule has 0 saturated heterocycles. The minimum atomic E-state index is -1.38. The van der Waals surface area contributed by atoms with Crippen LogP contribution in [-0.4, -0.2) is 30.2 Å². The Morgan fingerprint density at radius 2 is 1.93 bits per heavy atom. The predicted octanol–water partition coefficient (Wildman–Crippen LogP) is 0.725. The summed E-state index contributed by atoms with van der Waals surface area (Å²) in [5, 5.41) is 11.3. The molecular formula is C10H11NO4. The second-order valence-electron chi connectivity index (χ2n) is 2.80. The molecule has 1 unspecified atom stereocenters. The van der Waals surface area contributed by atoms with Gasteiger partial charge in [0.25, 0.3) is 0 Å². The van der Waals surface area contributed by atoms with Gasteiger partial charge >= 0.3 is 11.9 Å². The molecule has 0 aliphatic heterocycles. The molecule has 0 bridgehead atoms. The minimum Gasteiger partial charge on any atom is -0.479 e. The topological polar surface area (TPSA) is 75.6 Å². The van der Waals surface area contributed by atoms with Crippen molar-refractivity contribution < 1.29 is 19.4 Å². The average Bonchev–Trinajstić information content (AvgIpc) is 2.26. The fraction of sp³-hybridized carbons (Fsp3) is 0.200. The van der Waals surface area contributed by atoms with Gasteiger partial charge in [-0.3, -0.25) is 0 Å². The van der Waals surface area contributed by atoms with Gasteiger partial charge in [-0.15, -0.1) is 0 Å². The molecule has 1 aromatic rings. The minimum absolute atomic E-state index is 0.551. The number of benzene rings is 1. The number of methoxy groups -OCH3 is 1. The Balaban J connectivity index is 2.76. The number of carbonyl (C=O) groups is 2. The van der Waals surface area contributed by atoms with Crippen molar-refractivity contribution >= 4 is 17.6 Å². The van der Waals surface area contributed by atoms with Crippen molar-refractivity contribution in [2.75, 3.05) is 12.4 Å². The first-order chi connectivity index (χ1) is 7.15. The van der Waals surface area contributed by atoms with Crippen LogP contribution in [0.25, 0.3) is 0 Å². The number of para-hydroxylation sites is 1. The highest BCUT2D eigenvalue weighted by molar-refractivity contribution is 6.01. The van der Waals surface area contributed by atoms with E-state index in [2.05, 4.69) is 10.1 Å². The third-order valence-corrected chi connectivity index (χ3v) is 1.77. The first-order valence-corrected chi connectivity index (χ1v) is 4.27. The second kappa shape index (κ2) is 4.99. The van der Waals surface area contributed by atoms with Crippen LogP contribution < -0.4 is 5.32 Å². The number of hydrogen-bond donors (Lipinski definition) is 2. The zero-order chi connectivity index (χ0) is 11.3. The summed E-state index contributed by atoms with van der Waals surface area (Å²) >= 11 is 0. The number of esters is 1. The van der Waals surface area contributed by atoms with E-state index in [1.54, 1.807) is 30.3 Å². The summed E-state index contributed by atoms with van der Waals surface area (Å²) in [6.45, 7) is 0. The van der Waals surface area contributed by atoms with E-state index >= 15 is 0 Å². The fourth-order valence-electron chi connectivity index (χ4n) is 1.04. The molecule has 5 heteroatoms. The van der Waals surface area contributed by atoms with E-state index in [9.17, 15) is 9.59 Å². The predicted molar refractivity (Wildman–Crippen MR) is 53.5 cm³/mol. The molecule has 0 fully saturated rings. The number of anilines is 1. The van der Waals surface area contributed by atoms with Gasteiger partial charge in [0.2, 0.25) is 6.04 Å². The summed E-state index contributed by atoms with van der Waals surface area (Å²) in [4.78, 5) is 21.8. The van der Waals surface area contributed by atoms with Crippen molar-refractivity contribution in [1.29, 1.82) is 0 Å². The lowest BCUT2D eigenvalue weighted by Gasteiger charge is -2.12. The Morgan fingerprint density at radius 1 is 1.33 bits per heavy atom. The lowest BCUT2D eigenvalue weighted by molar-refractivity contribution is -0.150. The van der Waals surface area contributed by atoms with Crippen LogP contribution in [0, 0.1) is 0 Å². The standard InChI is InChI=1S/C10H11NO4/c1-15-10(14)8(9(12)13)11-7-5-3-2-4-6-7/h2-6,8,11H,1H3,(H,12,13). The molecule has 0 amide bonds. The molecule has 0 spiro atoms. The van der Waals surface area contributed by atoms with Gasteiger partial charge in [0.05, 0.1) is 7.11 Å². The van der Waals surface area contributed by atoms with Crippen LogP contribution in [-0.2, 0) is 14.3 Å². The maximum atomic E-state index is 11.1. The number of rotatable bonds is 4. The molecule has 2 N–H and O–H groups in total. The van der Waals surface area contributed by atoms with Crippen LogP contribution in [0.1, 0.15) is 0 Å². The van der Waals surface area contributed by atoms with Crippen LogP contribution >= 0.6 is 0 Å². The Bertz CT molecular complexity index is 350. The van der Waals surface area contributed by atoms with Gasteiger partial charge in [0, 0.05) is 5.69 Å². The summed E-state index contributed by atoms with van der Waals surface area (Å²) in [6, 6.07) is 7.21. The van der Waals surface area contributed by atoms with Gasteiger partial charge in [-0.25, -0.2) is 9.59 Å². The maximum Gasteiger partial charge on any atom is 0.340 e. The third kappa shape index (κ3) is 2.98. The number of ether oxygens (including phenoxy) is 1. The smallest absolute Gasteiger partial charge is 0.340 e. The molecule has 0 aliphatic rings. The SMILES string of the molecule is COC(=O)C(Nc1ccccc1)C(=O)O. The zero-order valence-electron chi connectivity index (χ0n) is 8.14. The Morgan fingerprint density at radius 3 is 2.40 bits per heavy atom. The molecule has 0 aromatic heterocycles. The first kappa shape index (κ1) is 11.0. The molecule has 1 rings (SSSR count). The number of carbonyl (C=O) groups excluding carboxylic acids is 1. The maximum absolute atomic E-state index is 11.1. The van der Waals surface area contributed by atoms with E-state index in [0.717, 1.165) is 7.11 Å². The van der Waals surface area contributed by atoms with Crippen molar-refractivity contribution in [3.8, 4) is 0 Å². The molecule has 0 heterocycles. The summed E-state index contributed by atoms with van der Waals surface area (Å²) in [5.41, 5.74) is 0.551. The molecule has 0 saturated carbocycles. The number of aliphatic carboxylic acids is 1. The number of hydrogen-bond acceptors (Lipinski definition) is 4. The molecule has 1 atom stereocenters. The molecule has 15 heavy (non-hydrogen) atoms. The van der Waals surface area contributed by atoms with Crippen LogP contribution in [0.4, 0.5) is 5.69 Å². The summed E-state index contributed by atoms with van der Waals surface area (Å²) < 4.78 is 4.36. The van der Waals surface area contributed by atoms with Crippen LogP contribution in [0.2, 0.25) is 0 Å². The third-order valence-electron chi connectivity index (χ3n) is 1.77. The summed E-state index contributed by atoms with van der Waals surface area (Å²) in [5.74, 6) is -2.10. The molecule has 0 aliphatic carbocycles. The van der Waals surface area contributed by atoms with Gasteiger partial charge in [0.1, 0.15) is 0 Å². The highest BCUT2D eigenvalue weighted by atomic mass is 16.5. The number of carboxylic acids is 1. The van der Waals surface area contributed by atoms with Crippen molar-refractivity contribution in [2.45, 2.75) is 6.04 Å². The van der Waals surface area contributed by atoms with Gasteiger partial charge in [0.15, 0.2) is 0 Å². The zero-order valence-corrected chi connectivity index (χ0v) is 8.14. The molecule has 80 valence electrons. The fourth-order valence-corrected chi connectivity index (χ4v) is 1.04. The van der Waals surface area contributed by atoms with Crippen molar-refractivity contribution in [1.82, 2.24) is 0 Å². The van der Waals surface area contributed by atoms with Gasteiger partial charge in [-0.05, 0) is 12.1 Å². The number of carboxylic acid groups (broad SMARTS) is 1. The van der Waals surface area contributed by atoms with E-state index in [0.29, 0.717) is 5.69 Å². The largest absolute Gasteiger partial charge is 0.479 e. The van der Waals surface area contributed by atoms with Gasteiger partial charge in [-0.1, -0.05) is 18.2 Å². The summed E-state index contributed by atoms with van der Waals surface area (Å²) in [7, 11) is 1.14. The lowest BCUT2D eigenvalue weighted by atomic mass is 10.2. The quantitative estimate of drug-likeness (QED) is 0.564. The highest BCUT2D eigenvalue weighted by Crippen LogP contribution is 2.07. The Kier molecular flexibility index (Phi) is 3.68. The lowest BCUT2D eigenvalue weighted by Crippen LogP contribution is -2.38. The first-order valence-electron chi connectivity index (χ1n) is 4.27. The summed E-state index contributed by atoms with van der Waals surface area (Å²) in [6.07, 6.45) is 0. The van der Waals surface area contributed by atoms with E-state index in [1.807, 2.05) is 0 Å². The molecule has 0 radical (unpaired) electrons. The Labute approximate surface area is 86.7 Å². The molecule has 5 nitrogen and oxygen atoms in total.